The van der Waals surface area contributed by atoms with Gasteiger partial charge in [0.05, 0.1) is 0 Å². The van der Waals surface area contributed by atoms with Crippen LogP contribution in [0.2, 0.25) is 0 Å². The lowest BCUT2D eigenvalue weighted by Gasteiger charge is -2.22. The molecule has 1 aromatic heterocycles. The van der Waals surface area contributed by atoms with Crippen molar-refractivity contribution in [3.8, 4) is 0 Å². The van der Waals surface area contributed by atoms with Gasteiger partial charge in [0.25, 0.3) is 10.0 Å². The van der Waals surface area contributed by atoms with E-state index in [0.717, 1.165) is 38.2 Å². The number of rotatable bonds is 7. The van der Waals surface area contributed by atoms with E-state index in [0.29, 0.717) is 13.1 Å². The molecule has 120 valence electrons. The number of nitrogens with one attached hydrogen (secondary N) is 1. The molecule has 2 rings (SSSR count). The lowest BCUT2D eigenvalue weighted by Crippen LogP contribution is -2.41. The van der Waals surface area contributed by atoms with E-state index >= 15 is 0 Å². The second-order valence-corrected chi connectivity index (χ2v) is 7.45. The first-order chi connectivity index (χ1) is 9.98. The van der Waals surface area contributed by atoms with E-state index in [2.05, 4.69) is 17.2 Å². The first-order valence-corrected chi connectivity index (χ1v) is 9.20. The normalized spacial score (nSPS) is 19.5. The Morgan fingerprint density at radius 1 is 1.48 bits per heavy atom. The number of sulfonamides is 1. The van der Waals surface area contributed by atoms with Crippen LogP contribution in [0, 0.1) is 6.92 Å². The fourth-order valence-electron chi connectivity index (χ4n) is 2.76. The first-order valence-electron chi connectivity index (χ1n) is 7.76. The van der Waals surface area contributed by atoms with Crippen molar-refractivity contribution in [2.75, 3.05) is 19.6 Å². The molecule has 0 radical (unpaired) electrons. The number of aryl methyl sites for hydroxylation is 2. The Bertz CT molecular complexity index is 562. The SMILES string of the molecule is CCCn1cc(S(=O)(=O)N(CC)CC2CCCN2)nc1C. The third-order valence-electron chi connectivity index (χ3n) is 3.96. The van der Waals surface area contributed by atoms with Gasteiger partial charge in [-0.1, -0.05) is 13.8 Å². The van der Waals surface area contributed by atoms with Gasteiger partial charge in [-0.3, -0.25) is 0 Å². The molecule has 1 aliphatic heterocycles. The predicted octanol–water partition coefficient (Wildman–Crippen LogP) is 1.36. The standard InChI is InChI=1S/C14H26N4O2S/c1-4-9-17-11-14(16-12(17)3)21(19,20)18(5-2)10-13-7-6-8-15-13/h11,13,15H,4-10H2,1-3H3. The Hall–Kier alpha value is -0.920. The molecule has 0 saturated carbocycles. The summed E-state index contributed by atoms with van der Waals surface area (Å²) in [6.07, 6.45) is 4.78. The molecular weight excluding hydrogens is 288 g/mol. The van der Waals surface area contributed by atoms with Crippen LogP contribution in [0.3, 0.4) is 0 Å². The average Bonchev–Trinajstić information content (AvgIpc) is 3.07. The minimum Gasteiger partial charge on any atom is -0.334 e. The number of nitrogens with zero attached hydrogens (tertiary/aromatic N) is 3. The van der Waals surface area contributed by atoms with Crippen LogP contribution in [0.25, 0.3) is 0 Å². The van der Waals surface area contributed by atoms with E-state index in [9.17, 15) is 8.42 Å². The Labute approximate surface area is 127 Å². The molecule has 1 saturated heterocycles. The fraction of sp³-hybridized carbons (Fsp3) is 0.786. The highest BCUT2D eigenvalue weighted by Gasteiger charge is 2.29. The fourth-order valence-corrected chi connectivity index (χ4v) is 4.25. The van der Waals surface area contributed by atoms with Gasteiger partial charge in [0.1, 0.15) is 5.82 Å². The lowest BCUT2D eigenvalue weighted by atomic mass is 10.2. The minimum atomic E-state index is -3.50. The van der Waals surface area contributed by atoms with Gasteiger partial charge in [0.2, 0.25) is 0 Å². The van der Waals surface area contributed by atoms with Crippen molar-refractivity contribution in [3.63, 3.8) is 0 Å². The highest BCUT2D eigenvalue weighted by atomic mass is 32.2. The zero-order valence-corrected chi connectivity index (χ0v) is 14.0. The molecule has 1 unspecified atom stereocenters. The van der Waals surface area contributed by atoms with Crippen molar-refractivity contribution in [2.45, 2.75) is 57.6 Å². The van der Waals surface area contributed by atoms with E-state index in [-0.39, 0.29) is 11.1 Å². The van der Waals surface area contributed by atoms with Gasteiger partial charge in [0, 0.05) is 31.9 Å². The van der Waals surface area contributed by atoms with Crippen LogP contribution in [-0.4, -0.2) is 48.0 Å². The Balaban J connectivity index is 2.19. The molecule has 0 aliphatic carbocycles. The summed E-state index contributed by atoms with van der Waals surface area (Å²) in [5, 5.41) is 3.52. The summed E-state index contributed by atoms with van der Waals surface area (Å²) < 4.78 is 28.9. The minimum absolute atomic E-state index is 0.174. The maximum atomic E-state index is 12.7. The van der Waals surface area contributed by atoms with Crippen molar-refractivity contribution in [1.29, 1.82) is 0 Å². The van der Waals surface area contributed by atoms with Crippen molar-refractivity contribution in [3.05, 3.63) is 12.0 Å². The molecule has 1 aliphatic rings. The second kappa shape index (κ2) is 6.89. The summed E-state index contributed by atoms with van der Waals surface area (Å²) in [6, 6.07) is 0.263. The predicted molar refractivity (Wildman–Crippen MR) is 82.7 cm³/mol. The summed E-state index contributed by atoms with van der Waals surface area (Å²) in [4.78, 5) is 4.26. The van der Waals surface area contributed by atoms with Crippen LogP contribution in [0.5, 0.6) is 0 Å². The van der Waals surface area contributed by atoms with E-state index in [1.54, 1.807) is 6.20 Å². The molecule has 1 fully saturated rings. The van der Waals surface area contributed by atoms with Gasteiger partial charge >= 0.3 is 0 Å². The van der Waals surface area contributed by atoms with Crippen LogP contribution < -0.4 is 5.32 Å². The molecule has 2 heterocycles. The zero-order valence-electron chi connectivity index (χ0n) is 13.2. The van der Waals surface area contributed by atoms with E-state index in [4.69, 9.17) is 0 Å². The van der Waals surface area contributed by atoms with Crippen molar-refractivity contribution in [1.82, 2.24) is 19.2 Å². The Morgan fingerprint density at radius 2 is 2.24 bits per heavy atom. The third kappa shape index (κ3) is 3.64. The Kier molecular flexibility index (Phi) is 5.40. The molecule has 6 nitrogen and oxygen atoms in total. The molecule has 1 atom stereocenters. The molecule has 1 aromatic rings. The number of imidazole rings is 1. The van der Waals surface area contributed by atoms with Gasteiger partial charge in [-0.15, -0.1) is 0 Å². The summed E-state index contributed by atoms with van der Waals surface area (Å²) in [5.41, 5.74) is 0. The summed E-state index contributed by atoms with van der Waals surface area (Å²) in [7, 11) is -3.50. The van der Waals surface area contributed by atoms with Crippen molar-refractivity contribution >= 4 is 10.0 Å². The molecule has 21 heavy (non-hydrogen) atoms. The molecule has 0 bridgehead atoms. The van der Waals surface area contributed by atoms with Crippen LogP contribution >= 0.6 is 0 Å². The van der Waals surface area contributed by atoms with Gasteiger partial charge in [-0.05, 0) is 32.7 Å². The summed E-state index contributed by atoms with van der Waals surface area (Å²) in [6.45, 7) is 8.57. The highest BCUT2D eigenvalue weighted by molar-refractivity contribution is 7.89. The average molecular weight is 314 g/mol. The molecule has 0 aromatic carbocycles. The summed E-state index contributed by atoms with van der Waals surface area (Å²) in [5.74, 6) is 0.755. The summed E-state index contributed by atoms with van der Waals surface area (Å²) >= 11 is 0. The largest absolute Gasteiger partial charge is 0.334 e. The zero-order chi connectivity index (χ0) is 15.5. The quantitative estimate of drug-likeness (QED) is 0.825. The van der Waals surface area contributed by atoms with Gasteiger partial charge in [0.15, 0.2) is 5.03 Å². The van der Waals surface area contributed by atoms with E-state index < -0.39 is 10.0 Å². The van der Waals surface area contributed by atoms with Crippen LogP contribution in [0.4, 0.5) is 0 Å². The number of aromatic nitrogens is 2. The van der Waals surface area contributed by atoms with Gasteiger partial charge < -0.3 is 9.88 Å². The molecule has 0 spiro atoms. The van der Waals surface area contributed by atoms with E-state index in [1.165, 1.54) is 4.31 Å². The number of hydrogen-bond acceptors (Lipinski definition) is 4. The monoisotopic (exact) mass is 314 g/mol. The van der Waals surface area contributed by atoms with Crippen LogP contribution in [0.1, 0.15) is 38.9 Å². The number of hydrogen-bond donors (Lipinski definition) is 1. The molecule has 7 heteroatoms. The molecule has 0 amide bonds. The Morgan fingerprint density at radius 3 is 2.81 bits per heavy atom. The maximum Gasteiger partial charge on any atom is 0.262 e. The van der Waals surface area contributed by atoms with Crippen LogP contribution in [0.15, 0.2) is 11.2 Å². The van der Waals surface area contributed by atoms with Gasteiger partial charge in [-0.25, -0.2) is 13.4 Å². The van der Waals surface area contributed by atoms with Gasteiger partial charge in [-0.2, -0.15) is 4.31 Å². The molecular formula is C14H26N4O2S. The van der Waals surface area contributed by atoms with E-state index in [1.807, 2.05) is 18.4 Å². The topological polar surface area (TPSA) is 67.2 Å². The third-order valence-corrected chi connectivity index (χ3v) is 5.77. The second-order valence-electron chi connectivity index (χ2n) is 5.57. The molecule has 1 N–H and O–H groups in total. The van der Waals surface area contributed by atoms with Crippen LogP contribution in [-0.2, 0) is 16.6 Å². The highest BCUT2D eigenvalue weighted by Crippen LogP contribution is 2.17. The lowest BCUT2D eigenvalue weighted by molar-refractivity contribution is 0.381. The maximum absolute atomic E-state index is 12.7. The number of likely N-dealkylation sites (N-methyl/N-ethyl adjacent to an activating group) is 1. The van der Waals surface area contributed by atoms with Crippen molar-refractivity contribution in [2.24, 2.45) is 0 Å². The first kappa shape index (κ1) is 16.5. The van der Waals surface area contributed by atoms with Crippen molar-refractivity contribution < 1.29 is 8.42 Å². The smallest absolute Gasteiger partial charge is 0.262 e.